The van der Waals surface area contributed by atoms with E-state index in [4.69, 9.17) is 9.84 Å². The molecule has 88 valence electrons. The van der Waals surface area contributed by atoms with Gasteiger partial charge in [-0.05, 0) is 18.9 Å². The molecule has 0 saturated carbocycles. The molecule has 4 nitrogen and oxygen atoms in total. The largest absolute Gasteiger partial charge is 0.480 e. The van der Waals surface area contributed by atoms with Crippen LogP contribution in [0.4, 0.5) is 0 Å². The van der Waals surface area contributed by atoms with E-state index < -0.39 is 5.97 Å². The first-order chi connectivity index (χ1) is 7.04. The van der Waals surface area contributed by atoms with Gasteiger partial charge < -0.3 is 9.84 Å². The SMILES string of the molecule is CCN1CC(OCC(=O)O)CC1C(C)C. The highest BCUT2D eigenvalue weighted by Gasteiger charge is 2.33. The van der Waals surface area contributed by atoms with E-state index in [1.165, 1.54) is 0 Å². The molecule has 1 aliphatic rings. The van der Waals surface area contributed by atoms with Crippen LogP contribution in [-0.2, 0) is 9.53 Å². The van der Waals surface area contributed by atoms with Crippen LogP contribution in [0.25, 0.3) is 0 Å². The lowest BCUT2D eigenvalue weighted by Crippen LogP contribution is -2.33. The van der Waals surface area contributed by atoms with E-state index in [1.807, 2.05) is 0 Å². The molecular weight excluding hydrogens is 194 g/mol. The van der Waals surface area contributed by atoms with Gasteiger partial charge in [-0.3, -0.25) is 4.90 Å². The number of likely N-dealkylation sites (N-methyl/N-ethyl adjacent to an activating group) is 1. The molecule has 0 bridgehead atoms. The van der Waals surface area contributed by atoms with E-state index in [0.717, 1.165) is 19.5 Å². The van der Waals surface area contributed by atoms with E-state index >= 15 is 0 Å². The van der Waals surface area contributed by atoms with Crippen LogP contribution in [0.15, 0.2) is 0 Å². The third-order valence-electron chi connectivity index (χ3n) is 3.03. The number of ether oxygens (including phenoxy) is 1. The molecule has 0 aliphatic carbocycles. The number of likely N-dealkylation sites (tertiary alicyclic amines) is 1. The Hall–Kier alpha value is -0.610. The number of carboxylic acid groups (broad SMARTS) is 1. The van der Waals surface area contributed by atoms with Crippen molar-refractivity contribution in [2.24, 2.45) is 5.92 Å². The van der Waals surface area contributed by atoms with Crippen molar-refractivity contribution in [2.45, 2.75) is 39.3 Å². The molecule has 2 atom stereocenters. The van der Waals surface area contributed by atoms with Gasteiger partial charge in [0.25, 0.3) is 0 Å². The zero-order chi connectivity index (χ0) is 11.4. The summed E-state index contributed by atoms with van der Waals surface area (Å²) in [7, 11) is 0. The quantitative estimate of drug-likeness (QED) is 0.749. The van der Waals surface area contributed by atoms with Gasteiger partial charge in [-0.2, -0.15) is 0 Å². The van der Waals surface area contributed by atoms with Crippen LogP contribution < -0.4 is 0 Å². The normalized spacial score (nSPS) is 27.5. The van der Waals surface area contributed by atoms with E-state index in [1.54, 1.807) is 0 Å². The standard InChI is InChI=1S/C11H21NO3/c1-4-12-6-9(15-7-11(13)14)5-10(12)8(2)3/h8-10H,4-7H2,1-3H3,(H,13,14). The van der Waals surface area contributed by atoms with Gasteiger partial charge in [0.2, 0.25) is 0 Å². The van der Waals surface area contributed by atoms with Gasteiger partial charge in [-0.25, -0.2) is 4.79 Å². The number of aliphatic carboxylic acids is 1. The van der Waals surface area contributed by atoms with Gasteiger partial charge in [0, 0.05) is 12.6 Å². The number of carbonyl (C=O) groups is 1. The molecule has 4 heteroatoms. The Balaban J connectivity index is 2.42. The zero-order valence-corrected chi connectivity index (χ0v) is 9.77. The van der Waals surface area contributed by atoms with Gasteiger partial charge in [-0.1, -0.05) is 20.8 Å². The predicted octanol–water partition coefficient (Wildman–Crippen LogP) is 1.21. The van der Waals surface area contributed by atoms with Gasteiger partial charge in [0.15, 0.2) is 0 Å². The van der Waals surface area contributed by atoms with Crippen molar-refractivity contribution < 1.29 is 14.6 Å². The van der Waals surface area contributed by atoms with Crippen LogP contribution in [0.2, 0.25) is 0 Å². The number of hydrogen-bond acceptors (Lipinski definition) is 3. The summed E-state index contributed by atoms with van der Waals surface area (Å²) >= 11 is 0. The number of nitrogens with zero attached hydrogens (tertiary/aromatic N) is 1. The van der Waals surface area contributed by atoms with Gasteiger partial charge in [0.1, 0.15) is 6.61 Å². The minimum absolute atomic E-state index is 0.0912. The summed E-state index contributed by atoms with van der Waals surface area (Å²) < 4.78 is 5.34. The van der Waals surface area contributed by atoms with Gasteiger partial charge in [0.05, 0.1) is 6.10 Å². The molecule has 1 fully saturated rings. The Labute approximate surface area is 91.2 Å². The summed E-state index contributed by atoms with van der Waals surface area (Å²) in [4.78, 5) is 12.8. The summed E-state index contributed by atoms with van der Waals surface area (Å²) in [6.07, 6.45) is 1.05. The topological polar surface area (TPSA) is 49.8 Å². The number of rotatable bonds is 5. The lowest BCUT2D eigenvalue weighted by Gasteiger charge is -2.25. The summed E-state index contributed by atoms with van der Waals surface area (Å²) in [5.74, 6) is -0.283. The minimum Gasteiger partial charge on any atom is -0.480 e. The molecule has 0 spiro atoms. The molecule has 1 saturated heterocycles. The number of carboxylic acids is 1. The maximum atomic E-state index is 10.4. The first-order valence-corrected chi connectivity index (χ1v) is 5.62. The fraction of sp³-hybridized carbons (Fsp3) is 0.909. The molecule has 2 unspecified atom stereocenters. The minimum atomic E-state index is -0.883. The van der Waals surface area contributed by atoms with Crippen molar-refractivity contribution in [1.82, 2.24) is 4.90 Å². The third-order valence-corrected chi connectivity index (χ3v) is 3.03. The average molecular weight is 215 g/mol. The van der Waals surface area contributed by atoms with E-state index in [9.17, 15) is 4.79 Å². The Morgan fingerprint density at radius 1 is 1.60 bits per heavy atom. The fourth-order valence-corrected chi connectivity index (χ4v) is 2.26. The van der Waals surface area contributed by atoms with Crippen molar-refractivity contribution in [2.75, 3.05) is 19.7 Å². The van der Waals surface area contributed by atoms with Gasteiger partial charge >= 0.3 is 5.97 Å². The van der Waals surface area contributed by atoms with Crippen molar-refractivity contribution in [1.29, 1.82) is 0 Å². The van der Waals surface area contributed by atoms with E-state index in [-0.39, 0.29) is 12.7 Å². The van der Waals surface area contributed by atoms with E-state index in [2.05, 4.69) is 25.7 Å². The highest BCUT2D eigenvalue weighted by atomic mass is 16.5. The van der Waals surface area contributed by atoms with Crippen LogP contribution >= 0.6 is 0 Å². The maximum Gasteiger partial charge on any atom is 0.329 e. The highest BCUT2D eigenvalue weighted by Crippen LogP contribution is 2.25. The van der Waals surface area contributed by atoms with Gasteiger partial charge in [-0.15, -0.1) is 0 Å². The van der Waals surface area contributed by atoms with Crippen LogP contribution in [0.3, 0.4) is 0 Å². The van der Waals surface area contributed by atoms with Crippen molar-refractivity contribution in [3.05, 3.63) is 0 Å². The Morgan fingerprint density at radius 3 is 2.67 bits per heavy atom. The molecule has 1 heterocycles. The van der Waals surface area contributed by atoms with Crippen LogP contribution in [0, 0.1) is 5.92 Å². The molecule has 0 amide bonds. The molecule has 1 N–H and O–H groups in total. The summed E-state index contributed by atoms with van der Waals surface area (Å²) in [6.45, 7) is 8.24. The molecule has 0 radical (unpaired) electrons. The fourth-order valence-electron chi connectivity index (χ4n) is 2.26. The second-order valence-electron chi connectivity index (χ2n) is 4.46. The third kappa shape index (κ3) is 3.47. The van der Waals surface area contributed by atoms with E-state index in [0.29, 0.717) is 12.0 Å². The monoisotopic (exact) mass is 215 g/mol. The molecule has 0 aromatic rings. The summed E-state index contributed by atoms with van der Waals surface area (Å²) in [5.41, 5.74) is 0. The summed E-state index contributed by atoms with van der Waals surface area (Å²) in [6, 6.07) is 0.536. The first-order valence-electron chi connectivity index (χ1n) is 5.62. The second-order valence-corrected chi connectivity index (χ2v) is 4.46. The zero-order valence-electron chi connectivity index (χ0n) is 9.77. The van der Waals surface area contributed by atoms with Crippen molar-refractivity contribution in [3.63, 3.8) is 0 Å². The Kier molecular flexibility index (Phi) is 4.54. The summed E-state index contributed by atoms with van der Waals surface area (Å²) in [5, 5.41) is 8.53. The molecule has 1 rings (SSSR count). The van der Waals surface area contributed by atoms with Crippen molar-refractivity contribution in [3.8, 4) is 0 Å². The molecule has 0 aromatic heterocycles. The average Bonchev–Trinajstić information content (AvgIpc) is 2.57. The van der Waals surface area contributed by atoms with Crippen LogP contribution in [0.5, 0.6) is 0 Å². The molecule has 1 aliphatic heterocycles. The molecule has 0 aromatic carbocycles. The Bertz CT molecular complexity index is 218. The molecule has 15 heavy (non-hydrogen) atoms. The Morgan fingerprint density at radius 2 is 2.27 bits per heavy atom. The second kappa shape index (κ2) is 5.47. The van der Waals surface area contributed by atoms with Crippen LogP contribution in [0.1, 0.15) is 27.2 Å². The predicted molar refractivity (Wildman–Crippen MR) is 57.9 cm³/mol. The number of hydrogen-bond donors (Lipinski definition) is 1. The smallest absolute Gasteiger partial charge is 0.329 e. The lowest BCUT2D eigenvalue weighted by molar-refractivity contribution is -0.144. The highest BCUT2D eigenvalue weighted by molar-refractivity contribution is 5.68. The van der Waals surface area contributed by atoms with Crippen molar-refractivity contribution >= 4 is 5.97 Å². The van der Waals surface area contributed by atoms with Crippen LogP contribution in [-0.4, -0.2) is 47.8 Å². The maximum absolute atomic E-state index is 10.4. The first kappa shape index (κ1) is 12.5. The lowest BCUT2D eigenvalue weighted by atomic mass is 10.0. The molecular formula is C11H21NO3.